The fraction of sp³-hybridized carbons (Fsp3) is 0.316. The smallest absolute Gasteiger partial charge is 0.341 e. The number of benzene rings is 1. The molecule has 2 aromatic rings. The fourth-order valence-corrected chi connectivity index (χ4v) is 5.45. The number of carbonyl (C=O) groups is 2. The van der Waals surface area contributed by atoms with E-state index < -0.39 is 5.97 Å². The summed E-state index contributed by atoms with van der Waals surface area (Å²) in [6, 6.07) is 6.10. The number of esters is 1. The van der Waals surface area contributed by atoms with Gasteiger partial charge in [0.25, 0.3) is 0 Å². The van der Waals surface area contributed by atoms with Crippen molar-refractivity contribution in [3.8, 4) is 11.1 Å². The van der Waals surface area contributed by atoms with Gasteiger partial charge in [-0.3, -0.25) is 9.79 Å². The molecule has 3 rings (SSSR count). The van der Waals surface area contributed by atoms with Gasteiger partial charge in [-0.25, -0.2) is 4.79 Å². The second-order valence-corrected chi connectivity index (χ2v) is 9.18. The largest absolute Gasteiger partial charge is 0.465 e. The van der Waals surface area contributed by atoms with Crippen molar-refractivity contribution in [1.82, 2.24) is 0 Å². The van der Waals surface area contributed by atoms with Crippen molar-refractivity contribution in [3.63, 3.8) is 0 Å². The number of aryl methyl sites for hydroxylation is 2. The first-order valence-electron chi connectivity index (χ1n) is 8.37. The molecule has 1 amide bonds. The van der Waals surface area contributed by atoms with Crippen LogP contribution in [0.15, 0.2) is 28.6 Å². The number of amides is 1. The number of thioether (sulfide) groups is 2. The molecule has 1 aliphatic heterocycles. The van der Waals surface area contributed by atoms with E-state index in [9.17, 15) is 9.59 Å². The van der Waals surface area contributed by atoms with Gasteiger partial charge in [-0.1, -0.05) is 47.3 Å². The maximum absolute atomic E-state index is 12.4. The van der Waals surface area contributed by atoms with E-state index in [0.29, 0.717) is 10.6 Å². The predicted molar refractivity (Wildman–Crippen MR) is 116 cm³/mol. The van der Waals surface area contributed by atoms with Crippen LogP contribution in [0.5, 0.6) is 0 Å². The quantitative estimate of drug-likeness (QED) is 0.717. The highest BCUT2D eigenvalue weighted by Gasteiger charge is 2.23. The van der Waals surface area contributed by atoms with Crippen LogP contribution in [0.25, 0.3) is 11.1 Å². The van der Waals surface area contributed by atoms with Gasteiger partial charge in [0.15, 0.2) is 0 Å². The average Bonchev–Trinajstić information content (AvgIpc) is 3.31. The van der Waals surface area contributed by atoms with Crippen LogP contribution < -0.4 is 5.32 Å². The molecule has 5 nitrogen and oxygen atoms in total. The number of hydrogen-bond donors (Lipinski definition) is 1. The Kier molecular flexibility index (Phi) is 6.62. The van der Waals surface area contributed by atoms with E-state index in [2.05, 4.69) is 10.3 Å². The molecule has 0 aliphatic carbocycles. The van der Waals surface area contributed by atoms with Gasteiger partial charge in [0.2, 0.25) is 5.91 Å². The summed E-state index contributed by atoms with van der Waals surface area (Å²) in [5.41, 5.74) is 4.33. The first kappa shape index (κ1) is 20.0. The molecule has 0 bridgehead atoms. The third-order valence-electron chi connectivity index (χ3n) is 4.00. The van der Waals surface area contributed by atoms with E-state index >= 15 is 0 Å². The Morgan fingerprint density at radius 3 is 2.81 bits per heavy atom. The van der Waals surface area contributed by atoms with E-state index in [1.807, 2.05) is 37.4 Å². The molecule has 8 heteroatoms. The molecule has 2 heterocycles. The van der Waals surface area contributed by atoms with E-state index in [1.165, 1.54) is 30.2 Å². The van der Waals surface area contributed by atoms with E-state index in [0.717, 1.165) is 38.9 Å². The summed E-state index contributed by atoms with van der Waals surface area (Å²) in [4.78, 5) is 29.1. The van der Waals surface area contributed by atoms with Crippen LogP contribution in [0.1, 0.15) is 21.5 Å². The monoisotopic (exact) mass is 420 g/mol. The number of methoxy groups -OCH3 is 1. The highest BCUT2D eigenvalue weighted by molar-refractivity contribution is 8.39. The number of carbonyl (C=O) groups excluding carboxylic acids is 2. The molecule has 0 fully saturated rings. The Bertz CT molecular complexity index is 906. The standard InChI is InChI=1S/C19H20N2O3S3/c1-11-4-5-12(2)13(8-11)14-9-26-17(16(14)18(23)24-3)21-15(22)10-27-19-20-6-7-25-19/h4-5,8-9H,6-7,10H2,1-3H3,(H,21,22). The van der Waals surface area contributed by atoms with Gasteiger partial charge in [0.05, 0.1) is 19.4 Å². The summed E-state index contributed by atoms with van der Waals surface area (Å²) in [5.74, 6) is 0.629. The Morgan fingerprint density at radius 2 is 2.11 bits per heavy atom. The van der Waals surface area contributed by atoms with Crippen LogP contribution in [0.2, 0.25) is 0 Å². The third kappa shape index (κ3) is 4.75. The molecule has 0 saturated heterocycles. The number of nitrogens with zero attached hydrogens (tertiary/aromatic N) is 1. The lowest BCUT2D eigenvalue weighted by Crippen LogP contribution is -2.16. The number of ether oxygens (including phenoxy) is 1. The van der Waals surface area contributed by atoms with Gasteiger partial charge in [-0.15, -0.1) is 11.3 Å². The van der Waals surface area contributed by atoms with Crippen molar-refractivity contribution in [1.29, 1.82) is 0 Å². The van der Waals surface area contributed by atoms with Crippen molar-refractivity contribution in [2.45, 2.75) is 13.8 Å². The molecular weight excluding hydrogens is 400 g/mol. The van der Waals surface area contributed by atoms with Crippen molar-refractivity contribution in [3.05, 3.63) is 40.3 Å². The zero-order chi connectivity index (χ0) is 19.4. The Balaban J connectivity index is 1.85. The van der Waals surface area contributed by atoms with E-state index in [4.69, 9.17) is 4.74 Å². The third-order valence-corrected chi connectivity index (χ3v) is 7.15. The van der Waals surface area contributed by atoms with Gasteiger partial charge < -0.3 is 10.1 Å². The Labute approximate surface area is 171 Å². The van der Waals surface area contributed by atoms with Crippen molar-refractivity contribution < 1.29 is 14.3 Å². The molecule has 0 radical (unpaired) electrons. The summed E-state index contributed by atoms with van der Waals surface area (Å²) >= 11 is 4.43. The van der Waals surface area contributed by atoms with Crippen molar-refractivity contribution >= 4 is 56.1 Å². The number of thiophene rings is 1. The second kappa shape index (κ2) is 8.95. The van der Waals surface area contributed by atoms with Gasteiger partial charge >= 0.3 is 5.97 Å². The molecule has 0 saturated carbocycles. The van der Waals surface area contributed by atoms with Gasteiger partial charge in [0, 0.05) is 16.7 Å². The molecule has 0 spiro atoms. The highest BCUT2D eigenvalue weighted by Crippen LogP contribution is 2.38. The molecule has 1 aromatic carbocycles. The van der Waals surface area contributed by atoms with Crippen LogP contribution in [0.3, 0.4) is 0 Å². The number of hydrogen-bond acceptors (Lipinski definition) is 7. The second-order valence-electron chi connectivity index (χ2n) is 6.00. The molecule has 0 atom stereocenters. The summed E-state index contributed by atoms with van der Waals surface area (Å²) in [6.45, 7) is 4.82. The number of aliphatic imine (C=N–C) groups is 1. The minimum Gasteiger partial charge on any atom is -0.465 e. The molecule has 0 unspecified atom stereocenters. The maximum atomic E-state index is 12.4. The average molecular weight is 421 g/mol. The van der Waals surface area contributed by atoms with Crippen LogP contribution >= 0.6 is 34.9 Å². The summed E-state index contributed by atoms with van der Waals surface area (Å²) in [5, 5.41) is 5.28. The van der Waals surface area contributed by atoms with Gasteiger partial charge in [-0.05, 0) is 25.0 Å². The van der Waals surface area contributed by atoms with Crippen LogP contribution in [0.4, 0.5) is 5.00 Å². The minimum atomic E-state index is -0.453. The topological polar surface area (TPSA) is 67.8 Å². The van der Waals surface area contributed by atoms with Crippen molar-refractivity contribution in [2.24, 2.45) is 4.99 Å². The molecule has 1 aromatic heterocycles. The Morgan fingerprint density at radius 1 is 1.30 bits per heavy atom. The summed E-state index contributed by atoms with van der Waals surface area (Å²) < 4.78 is 5.92. The molecule has 27 heavy (non-hydrogen) atoms. The van der Waals surface area contributed by atoms with Crippen LogP contribution in [0, 0.1) is 13.8 Å². The van der Waals surface area contributed by atoms with E-state index in [-0.39, 0.29) is 11.7 Å². The zero-order valence-corrected chi connectivity index (χ0v) is 17.8. The van der Waals surface area contributed by atoms with Crippen LogP contribution in [-0.2, 0) is 9.53 Å². The molecule has 142 valence electrons. The SMILES string of the molecule is COC(=O)c1c(-c2cc(C)ccc2C)csc1NC(=O)CSC1=NCCS1. The summed E-state index contributed by atoms with van der Waals surface area (Å²) in [7, 11) is 1.35. The lowest BCUT2D eigenvalue weighted by atomic mass is 9.97. The lowest BCUT2D eigenvalue weighted by molar-refractivity contribution is -0.113. The van der Waals surface area contributed by atoms with E-state index in [1.54, 1.807) is 11.8 Å². The number of anilines is 1. The lowest BCUT2D eigenvalue weighted by Gasteiger charge is -2.10. The molecule has 1 N–H and O–H groups in total. The van der Waals surface area contributed by atoms with Gasteiger partial charge in [-0.2, -0.15) is 0 Å². The van der Waals surface area contributed by atoms with Crippen LogP contribution in [-0.4, -0.2) is 41.4 Å². The molecular formula is C19H20N2O3S3. The minimum absolute atomic E-state index is 0.158. The number of nitrogens with one attached hydrogen (secondary N) is 1. The summed E-state index contributed by atoms with van der Waals surface area (Å²) in [6.07, 6.45) is 0. The highest BCUT2D eigenvalue weighted by atomic mass is 32.2. The van der Waals surface area contributed by atoms with Gasteiger partial charge in [0.1, 0.15) is 14.9 Å². The molecule has 1 aliphatic rings. The van der Waals surface area contributed by atoms with Crippen molar-refractivity contribution in [2.75, 3.05) is 30.5 Å². The zero-order valence-electron chi connectivity index (χ0n) is 15.3. The maximum Gasteiger partial charge on any atom is 0.341 e. The normalized spacial score (nSPS) is 13.4. The Hall–Kier alpha value is -1.77. The predicted octanol–water partition coefficient (Wildman–Crippen LogP) is 4.59. The number of rotatable bonds is 5. The fourth-order valence-electron chi connectivity index (χ4n) is 2.67. The first-order valence-corrected chi connectivity index (χ1v) is 11.2. The first-order chi connectivity index (χ1) is 13.0.